The Hall–Kier alpha value is -2.29. The molecule has 0 unspecified atom stereocenters. The molecule has 0 aliphatic carbocycles. The Kier molecular flexibility index (Phi) is 10.4. The highest BCUT2D eigenvalue weighted by Gasteiger charge is 2.30. The Balaban J connectivity index is 2.40. The van der Waals surface area contributed by atoms with Crippen LogP contribution >= 0.6 is 23.2 Å². The fraction of sp³-hybridized carbons (Fsp3) is 0.440. The molecule has 0 heterocycles. The molecule has 35 heavy (non-hydrogen) atoms. The van der Waals surface area contributed by atoms with Crippen molar-refractivity contribution in [3.05, 3.63) is 63.1 Å². The van der Waals surface area contributed by atoms with Crippen molar-refractivity contribution in [1.82, 2.24) is 10.2 Å². The highest BCUT2D eigenvalue weighted by molar-refractivity contribution is 7.92. The van der Waals surface area contributed by atoms with Crippen molar-refractivity contribution in [2.24, 2.45) is 0 Å². The number of nitrogens with zero attached hydrogens (tertiary/aromatic N) is 2. The summed E-state index contributed by atoms with van der Waals surface area (Å²) in [4.78, 5) is 27.7. The van der Waals surface area contributed by atoms with Gasteiger partial charge in [-0.3, -0.25) is 13.9 Å². The molecule has 0 bridgehead atoms. The fourth-order valence-electron chi connectivity index (χ4n) is 3.45. The summed E-state index contributed by atoms with van der Waals surface area (Å²) in [5.41, 5.74) is 2.88. The number of hydrogen-bond acceptors (Lipinski definition) is 4. The predicted molar refractivity (Wildman–Crippen MR) is 142 cm³/mol. The Morgan fingerprint density at radius 3 is 2.31 bits per heavy atom. The second-order valence-electron chi connectivity index (χ2n) is 8.62. The van der Waals surface area contributed by atoms with Crippen LogP contribution in [0.1, 0.15) is 43.4 Å². The van der Waals surface area contributed by atoms with Crippen molar-refractivity contribution >= 4 is 50.7 Å². The number of carbonyl (C=O) groups excluding carboxylic acids is 2. The minimum Gasteiger partial charge on any atom is -0.354 e. The Labute approximate surface area is 218 Å². The second-order valence-corrected chi connectivity index (χ2v) is 11.4. The van der Waals surface area contributed by atoms with E-state index in [4.69, 9.17) is 23.2 Å². The van der Waals surface area contributed by atoms with Crippen LogP contribution in [0.3, 0.4) is 0 Å². The summed E-state index contributed by atoms with van der Waals surface area (Å²) >= 11 is 12.4. The van der Waals surface area contributed by atoms with Crippen LogP contribution in [0.25, 0.3) is 0 Å². The van der Waals surface area contributed by atoms with Crippen LogP contribution in [0.15, 0.2) is 36.4 Å². The van der Waals surface area contributed by atoms with Gasteiger partial charge in [-0.25, -0.2) is 8.42 Å². The average Bonchev–Trinajstić information content (AvgIpc) is 2.77. The molecule has 2 aromatic carbocycles. The molecule has 7 nitrogen and oxygen atoms in total. The quantitative estimate of drug-likeness (QED) is 0.417. The van der Waals surface area contributed by atoms with Crippen molar-refractivity contribution in [3.63, 3.8) is 0 Å². The summed E-state index contributed by atoms with van der Waals surface area (Å²) in [7, 11) is -3.78. The van der Waals surface area contributed by atoms with Gasteiger partial charge in [-0.05, 0) is 68.1 Å². The number of unbranched alkanes of at least 4 members (excludes halogenated alkanes) is 1. The number of aryl methyl sites for hydroxylation is 2. The second kappa shape index (κ2) is 12.6. The van der Waals surface area contributed by atoms with Crippen molar-refractivity contribution < 1.29 is 18.0 Å². The maximum atomic E-state index is 13.6. The first-order valence-corrected chi connectivity index (χ1v) is 14.0. The lowest BCUT2D eigenvalue weighted by atomic mass is 10.1. The molecule has 2 rings (SSSR count). The van der Waals surface area contributed by atoms with E-state index in [1.165, 1.54) is 4.90 Å². The van der Waals surface area contributed by atoms with E-state index in [-0.39, 0.29) is 12.5 Å². The Bertz CT molecular complexity index is 1170. The van der Waals surface area contributed by atoms with E-state index < -0.39 is 28.5 Å². The maximum Gasteiger partial charge on any atom is 0.244 e. The molecule has 0 aliphatic rings. The lowest BCUT2D eigenvalue weighted by Crippen LogP contribution is -2.51. The first-order valence-electron chi connectivity index (χ1n) is 11.4. The van der Waals surface area contributed by atoms with Crippen molar-refractivity contribution in [1.29, 1.82) is 0 Å². The van der Waals surface area contributed by atoms with E-state index in [2.05, 4.69) is 5.32 Å². The molecule has 0 saturated carbocycles. The Morgan fingerprint density at radius 2 is 1.74 bits per heavy atom. The van der Waals surface area contributed by atoms with Gasteiger partial charge in [0.15, 0.2) is 0 Å². The summed E-state index contributed by atoms with van der Waals surface area (Å²) in [6, 6.07) is 9.24. The summed E-state index contributed by atoms with van der Waals surface area (Å²) < 4.78 is 26.4. The SMILES string of the molecule is CCCCNC(=O)[C@@H](C)N(Cc1ccc(Cl)cc1Cl)C(=O)CN(c1ccc(C)c(C)c1)S(C)(=O)=O. The van der Waals surface area contributed by atoms with Crippen molar-refractivity contribution in [2.45, 2.75) is 53.1 Å². The van der Waals surface area contributed by atoms with Gasteiger partial charge in [0, 0.05) is 23.1 Å². The van der Waals surface area contributed by atoms with Crippen molar-refractivity contribution in [2.75, 3.05) is 23.7 Å². The van der Waals surface area contributed by atoms with E-state index in [9.17, 15) is 18.0 Å². The number of sulfonamides is 1. The zero-order valence-corrected chi connectivity index (χ0v) is 23.1. The van der Waals surface area contributed by atoms with Crippen LogP contribution in [0.5, 0.6) is 0 Å². The maximum absolute atomic E-state index is 13.6. The van der Waals surface area contributed by atoms with Crippen LogP contribution in [0.2, 0.25) is 10.0 Å². The largest absolute Gasteiger partial charge is 0.354 e. The van der Waals surface area contributed by atoms with E-state index in [1.807, 2.05) is 26.8 Å². The first-order chi connectivity index (χ1) is 16.3. The van der Waals surface area contributed by atoms with E-state index in [1.54, 1.807) is 37.3 Å². The van der Waals surface area contributed by atoms with Crippen LogP contribution in [-0.2, 0) is 26.2 Å². The number of nitrogens with one attached hydrogen (secondary N) is 1. The van der Waals surface area contributed by atoms with Gasteiger partial charge in [0.1, 0.15) is 12.6 Å². The smallest absolute Gasteiger partial charge is 0.244 e. The molecule has 0 aliphatic heterocycles. The highest BCUT2D eigenvalue weighted by atomic mass is 35.5. The van der Waals surface area contributed by atoms with Crippen LogP contribution in [0.4, 0.5) is 5.69 Å². The van der Waals surface area contributed by atoms with Gasteiger partial charge < -0.3 is 10.2 Å². The zero-order chi connectivity index (χ0) is 26.3. The normalized spacial score (nSPS) is 12.2. The van der Waals surface area contributed by atoms with E-state index >= 15 is 0 Å². The number of benzene rings is 2. The van der Waals surface area contributed by atoms with Crippen molar-refractivity contribution in [3.8, 4) is 0 Å². The lowest BCUT2D eigenvalue weighted by Gasteiger charge is -2.32. The van der Waals surface area contributed by atoms with E-state index in [0.29, 0.717) is 27.8 Å². The molecule has 2 aromatic rings. The lowest BCUT2D eigenvalue weighted by molar-refractivity contribution is -0.139. The van der Waals surface area contributed by atoms with Gasteiger partial charge in [0.05, 0.1) is 11.9 Å². The third-order valence-electron chi connectivity index (χ3n) is 5.81. The molecule has 0 spiro atoms. The minimum atomic E-state index is -3.78. The summed E-state index contributed by atoms with van der Waals surface area (Å²) in [5.74, 6) is -0.855. The molecule has 0 fully saturated rings. The standard InChI is InChI=1S/C25H33Cl2N3O4S/c1-6-7-12-28-25(32)19(4)29(15-20-9-10-21(26)14-23(20)27)24(31)16-30(35(5,33)34)22-11-8-17(2)18(3)13-22/h8-11,13-14,19H,6-7,12,15-16H2,1-5H3,(H,28,32)/t19-/m1/s1. The summed E-state index contributed by atoms with van der Waals surface area (Å²) in [6.07, 6.45) is 2.78. The highest BCUT2D eigenvalue weighted by Crippen LogP contribution is 2.25. The van der Waals surface area contributed by atoms with Crippen LogP contribution in [-0.4, -0.2) is 50.5 Å². The number of amides is 2. The zero-order valence-electron chi connectivity index (χ0n) is 20.8. The minimum absolute atomic E-state index is 0.0156. The molecule has 0 aromatic heterocycles. The first kappa shape index (κ1) is 28.9. The summed E-state index contributed by atoms with van der Waals surface area (Å²) in [6.45, 7) is 7.47. The number of carbonyl (C=O) groups is 2. The van der Waals surface area contributed by atoms with Gasteiger partial charge in [-0.15, -0.1) is 0 Å². The van der Waals surface area contributed by atoms with Gasteiger partial charge in [0.2, 0.25) is 21.8 Å². The Morgan fingerprint density at radius 1 is 1.06 bits per heavy atom. The third kappa shape index (κ3) is 8.12. The van der Waals surface area contributed by atoms with E-state index in [0.717, 1.165) is 34.5 Å². The molecule has 0 saturated heterocycles. The van der Waals surface area contributed by atoms with Gasteiger partial charge in [0.25, 0.3) is 0 Å². The average molecular weight is 543 g/mol. The molecular weight excluding hydrogens is 509 g/mol. The fourth-order valence-corrected chi connectivity index (χ4v) is 4.76. The molecule has 0 radical (unpaired) electrons. The predicted octanol–water partition coefficient (Wildman–Crippen LogP) is 4.71. The molecule has 1 N–H and O–H groups in total. The monoisotopic (exact) mass is 541 g/mol. The van der Waals surface area contributed by atoms with Gasteiger partial charge in [-0.1, -0.05) is 48.7 Å². The van der Waals surface area contributed by atoms with Crippen LogP contribution in [0, 0.1) is 13.8 Å². The molecule has 10 heteroatoms. The van der Waals surface area contributed by atoms with Crippen LogP contribution < -0.4 is 9.62 Å². The topological polar surface area (TPSA) is 86.8 Å². The molecule has 2 amide bonds. The molecular formula is C25H33Cl2N3O4S. The molecule has 192 valence electrons. The summed E-state index contributed by atoms with van der Waals surface area (Å²) in [5, 5.41) is 3.63. The number of halogens is 2. The van der Waals surface area contributed by atoms with Gasteiger partial charge in [-0.2, -0.15) is 0 Å². The third-order valence-corrected chi connectivity index (χ3v) is 7.54. The number of rotatable bonds is 11. The molecule has 1 atom stereocenters. The number of anilines is 1. The number of hydrogen-bond donors (Lipinski definition) is 1. The van der Waals surface area contributed by atoms with Gasteiger partial charge >= 0.3 is 0 Å².